The van der Waals surface area contributed by atoms with Crippen LogP contribution in [0.25, 0.3) is 27.6 Å². The number of halogens is 1. The van der Waals surface area contributed by atoms with Gasteiger partial charge in [0.05, 0.1) is 16.6 Å². The average Bonchev–Trinajstić information content (AvgIpc) is 3.63. The summed E-state index contributed by atoms with van der Waals surface area (Å²) in [6, 6.07) is 6.17. The number of anilines is 2. The number of rotatable bonds is 5. The molecule has 0 radical (unpaired) electrons. The molecule has 1 aromatic carbocycles. The maximum absolute atomic E-state index is 12.3. The third-order valence-corrected chi connectivity index (χ3v) is 8.00. The molecule has 6 rings (SSSR count). The second-order valence-electron chi connectivity index (χ2n) is 9.96. The fraction of sp³-hybridized carbons (Fsp3) is 0.440. The Morgan fingerprint density at radius 3 is 2.81 bits per heavy atom. The first kappa shape index (κ1) is 23.1. The third-order valence-electron chi connectivity index (χ3n) is 7.41. The number of fused-ring (bicyclic) bond motifs is 2. The van der Waals surface area contributed by atoms with Crippen molar-refractivity contribution in [3.63, 3.8) is 0 Å². The van der Waals surface area contributed by atoms with E-state index in [1.54, 1.807) is 13.2 Å². The van der Waals surface area contributed by atoms with Crippen molar-refractivity contribution in [1.29, 1.82) is 0 Å². The van der Waals surface area contributed by atoms with Gasteiger partial charge < -0.3 is 15.5 Å². The number of carbonyl (C=O) groups is 1. The molecule has 0 spiro atoms. The molecule has 1 amide bonds. The molecule has 2 fully saturated rings. The van der Waals surface area contributed by atoms with Gasteiger partial charge in [0.2, 0.25) is 17.8 Å². The van der Waals surface area contributed by atoms with E-state index in [1.165, 1.54) is 12.8 Å². The number of hydrogen-bond acceptors (Lipinski definition) is 8. The molecule has 0 unspecified atom stereocenters. The van der Waals surface area contributed by atoms with Crippen molar-refractivity contribution in [2.75, 3.05) is 30.4 Å². The monoisotopic (exact) mass is 549 g/mol. The number of nitrogens with one attached hydrogen (secondary N) is 2. The van der Waals surface area contributed by atoms with E-state index < -0.39 is 0 Å². The minimum absolute atomic E-state index is 0.0815. The van der Waals surface area contributed by atoms with Crippen LogP contribution in [-0.4, -0.2) is 61.8 Å². The van der Waals surface area contributed by atoms with Crippen molar-refractivity contribution in [2.24, 2.45) is 5.41 Å². The van der Waals surface area contributed by atoms with Crippen LogP contribution in [0.1, 0.15) is 39.0 Å². The van der Waals surface area contributed by atoms with Crippen molar-refractivity contribution in [2.45, 2.75) is 45.1 Å². The Labute approximate surface area is 217 Å². The second kappa shape index (κ2) is 8.95. The van der Waals surface area contributed by atoms with Gasteiger partial charge in [-0.1, -0.05) is 6.92 Å². The maximum atomic E-state index is 12.3. The smallest absolute Gasteiger partial charge is 0.225 e. The molecule has 11 heteroatoms. The van der Waals surface area contributed by atoms with Crippen molar-refractivity contribution in [3.8, 4) is 5.69 Å². The SMILES string of the molecule is CNC(=O)[C@]1(C)CC[C@@H](Nc2ncc3c(Br)nn(-c4ccc5nc(N6CCCC6)ncc5c4)c3n2)C1. The van der Waals surface area contributed by atoms with Gasteiger partial charge in [0.25, 0.3) is 0 Å². The van der Waals surface area contributed by atoms with E-state index in [9.17, 15) is 4.79 Å². The molecule has 186 valence electrons. The molecule has 1 aliphatic heterocycles. The third kappa shape index (κ3) is 4.04. The van der Waals surface area contributed by atoms with Crippen LogP contribution in [0.5, 0.6) is 0 Å². The highest BCUT2D eigenvalue weighted by atomic mass is 79.9. The lowest BCUT2D eigenvalue weighted by Crippen LogP contribution is -2.35. The molecule has 2 aliphatic rings. The molecule has 2 atom stereocenters. The molecule has 1 saturated heterocycles. The molecular weight excluding hydrogens is 522 g/mol. The Hall–Kier alpha value is -3.34. The molecule has 4 aromatic rings. The zero-order chi connectivity index (χ0) is 24.9. The Kier molecular flexibility index (Phi) is 5.74. The molecule has 1 saturated carbocycles. The Balaban J connectivity index is 1.30. The summed E-state index contributed by atoms with van der Waals surface area (Å²) < 4.78 is 2.49. The predicted molar refractivity (Wildman–Crippen MR) is 142 cm³/mol. The summed E-state index contributed by atoms with van der Waals surface area (Å²) in [6.45, 7) is 4.04. The molecule has 10 nitrogen and oxygen atoms in total. The lowest BCUT2D eigenvalue weighted by molar-refractivity contribution is -0.129. The zero-order valence-corrected chi connectivity index (χ0v) is 21.9. The van der Waals surface area contributed by atoms with E-state index in [-0.39, 0.29) is 17.4 Å². The first-order valence-corrected chi connectivity index (χ1v) is 13.1. The van der Waals surface area contributed by atoms with Crippen LogP contribution in [0, 0.1) is 5.41 Å². The molecular formula is C25H28BrN9O. The molecule has 3 aromatic heterocycles. The van der Waals surface area contributed by atoms with Crippen LogP contribution >= 0.6 is 15.9 Å². The highest BCUT2D eigenvalue weighted by Crippen LogP contribution is 2.39. The lowest BCUT2D eigenvalue weighted by atomic mass is 9.87. The van der Waals surface area contributed by atoms with Gasteiger partial charge in [-0.15, -0.1) is 0 Å². The number of carbonyl (C=O) groups excluding carboxylic acids is 1. The summed E-state index contributed by atoms with van der Waals surface area (Å²) in [4.78, 5) is 33.2. The fourth-order valence-electron chi connectivity index (χ4n) is 5.39. The van der Waals surface area contributed by atoms with Gasteiger partial charge >= 0.3 is 0 Å². The lowest BCUT2D eigenvalue weighted by Gasteiger charge is -2.22. The average molecular weight is 550 g/mol. The Morgan fingerprint density at radius 1 is 1.17 bits per heavy atom. The summed E-state index contributed by atoms with van der Waals surface area (Å²) in [5, 5.41) is 12.7. The van der Waals surface area contributed by atoms with E-state index in [1.807, 2.05) is 36.0 Å². The molecule has 2 N–H and O–H groups in total. The second-order valence-corrected chi connectivity index (χ2v) is 10.7. The van der Waals surface area contributed by atoms with Crippen molar-refractivity contribution >= 4 is 55.7 Å². The topological polar surface area (TPSA) is 114 Å². The quantitative estimate of drug-likeness (QED) is 0.386. The van der Waals surface area contributed by atoms with E-state index in [0.29, 0.717) is 16.2 Å². The summed E-state index contributed by atoms with van der Waals surface area (Å²) in [5.41, 5.74) is 2.10. The van der Waals surface area contributed by atoms with Crippen molar-refractivity contribution in [1.82, 2.24) is 35.0 Å². The van der Waals surface area contributed by atoms with Gasteiger partial charge in [-0.05, 0) is 66.2 Å². The fourth-order valence-corrected chi connectivity index (χ4v) is 5.82. The van der Waals surface area contributed by atoms with Gasteiger partial charge in [0.1, 0.15) is 4.60 Å². The first-order chi connectivity index (χ1) is 17.4. The molecule has 4 heterocycles. The van der Waals surface area contributed by atoms with Crippen molar-refractivity contribution in [3.05, 3.63) is 35.2 Å². The number of nitrogens with zero attached hydrogens (tertiary/aromatic N) is 7. The number of benzene rings is 1. The predicted octanol–water partition coefficient (Wildman–Crippen LogP) is 3.84. The van der Waals surface area contributed by atoms with E-state index in [2.05, 4.69) is 46.5 Å². The summed E-state index contributed by atoms with van der Waals surface area (Å²) in [6.07, 6.45) is 8.49. The zero-order valence-electron chi connectivity index (χ0n) is 20.3. The van der Waals surface area contributed by atoms with E-state index in [4.69, 9.17) is 9.97 Å². The van der Waals surface area contributed by atoms with Gasteiger partial charge in [-0.25, -0.2) is 19.6 Å². The van der Waals surface area contributed by atoms with Crippen LogP contribution in [0.3, 0.4) is 0 Å². The Morgan fingerprint density at radius 2 is 2.00 bits per heavy atom. The normalized spacial score (nSPS) is 22.0. The van der Waals surface area contributed by atoms with E-state index in [0.717, 1.165) is 60.3 Å². The van der Waals surface area contributed by atoms with Crippen LogP contribution < -0.4 is 15.5 Å². The molecule has 1 aliphatic carbocycles. The van der Waals surface area contributed by atoms with Gasteiger partial charge in [-0.3, -0.25) is 4.79 Å². The van der Waals surface area contributed by atoms with Gasteiger partial charge in [0, 0.05) is 49.4 Å². The number of hydrogen-bond donors (Lipinski definition) is 2. The summed E-state index contributed by atoms with van der Waals surface area (Å²) in [5.74, 6) is 1.41. The first-order valence-electron chi connectivity index (χ1n) is 12.4. The number of amides is 1. The van der Waals surface area contributed by atoms with Gasteiger partial charge in [-0.2, -0.15) is 10.1 Å². The Bertz CT molecular complexity index is 1460. The minimum Gasteiger partial charge on any atom is -0.359 e. The summed E-state index contributed by atoms with van der Waals surface area (Å²) in [7, 11) is 1.69. The van der Waals surface area contributed by atoms with Crippen LogP contribution in [0.2, 0.25) is 0 Å². The number of aromatic nitrogens is 6. The molecule has 36 heavy (non-hydrogen) atoms. The summed E-state index contributed by atoms with van der Waals surface area (Å²) >= 11 is 3.56. The highest BCUT2D eigenvalue weighted by molar-refractivity contribution is 9.10. The van der Waals surface area contributed by atoms with Crippen LogP contribution in [0.4, 0.5) is 11.9 Å². The maximum Gasteiger partial charge on any atom is 0.225 e. The van der Waals surface area contributed by atoms with Crippen LogP contribution in [-0.2, 0) is 4.79 Å². The van der Waals surface area contributed by atoms with Gasteiger partial charge in [0.15, 0.2) is 5.65 Å². The van der Waals surface area contributed by atoms with E-state index >= 15 is 0 Å². The molecule has 0 bridgehead atoms. The highest BCUT2D eigenvalue weighted by Gasteiger charge is 2.41. The van der Waals surface area contributed by atoms with Crippen LogP contribution in [0.15, 0.2) is 35.2 Å². The van der Waals surface area contributed by atoms with Crippen molar-refractivity contribution < 1.29 is 4.79 Å². The standard InChI is InChI=1S/C25H28BrN9O/c1-25(22(36)27-2)8-7-16(12-25)30-23-28-14-18-20(26)33-35(21(18)32-23)17-5-6-19-15(11-17)13-29-24(31-19)34-9-3-4-10-34/h5-6,11,13-14,16H,3-4,7-10,12H2,1-2H3,(H,27,36)(H,28,30,32)/t16-,25-/m1/s1. The largest absolute Gasteiger partial charge is 0.359 e. The minimum atomic E-state index is -0.372.